The first-order chi connectivity index (χ1) is 33.8. The van der Waals surface area contributed by atoms with Gasteiger partial charge in [-0.2, -0.15) is 0 Å². The number of carbonyl (C=O) groups is 2. The Kier molecular flexibility index (Phi) is 55.0. The maximum atomic E-state index is 12.6. The van der Waals surface area contributed by atoms with Gasteiger partial charge in [-0.05, 0) is 38.5 Å². The van der Waals surface area contributed by atoms with Gasteiger partial charge in [0.2, 0.25) is 0 Å². The number of esters is 2. The Bertz CT molecular complexity index is 1140. The van der Waals surface area contributed by atoms with Crippen LogP contribution in [0.3, 0.4) is 0 Å². The molecule has 2 atom stereocenters. The highest BCUT2D eigenvalue weighted by Crippen LogP contribution is 2.43. The number of phosphoric ester groups is 1. The smallest absolute Gasteiger partial charge is 0.462 e. The lowest BCUT2D eigenvalue weighted by Crippen LogP contribution is -2.29. The van der Waals surface area contributed by atoms with Gasteiger partial charge in [-0.1, -0.05) is 283 Å². The van der Waals surface area contributed by atoms with E-state index >= 15 is 0 Å². The molecule has 3 N–H and O–H groups in total. The molecule has 0 fully saturated rings. The van der Waals surface area contributed by atoms with Gasteiger partial charge in [0.1, 0.15) is 6.61 Å². The second-order valence-electron chi connectivity index (χ2n) is 20.6. The first kappa shape index (κ1) is 67.8. The Balaban J connectivity index is 3.58. The van der Waals surface area contributed by atoms with E-state index in [4.69, 9.17) is 24.3 Å². The number of hydrogen-bond donors (Lipinski definition) is 2. The quantitative estimate of drug-likeness (QED) is 0.0264. The third-order valence-electron chi connectivity index (χ3n) is 13.7. The maximum Gasteiger partial charge on any atom is 0.472 e. The lowest BCUT2D eigenvalue weighted by molar-refractivity contribution is -0.161. The number of ether oxygens (including phenoxy) is 2. The van der Waals surface area contributed by atoms with Crippen LogP contribution < -0.4 is 5.73 Å². The average Bonchev–Trinajstić information content (AvgIpc) is 3.34. The Labute approximate surface area is 428 Å². The molecule has 9 nitrogen and oxygen atoms in total. The summed E-state index contributed by atoms with van der Waals surface area (Å²) in [6, 6.07) is 0. The molecule has 0 radical (unpaired) electrons. The van der Waals surface area contributed by atoms with Crippen molar-refractivity contribution in [2.45, 2.75) is 328 Å². The van der Waals surface area contributed by atoms with Crippen molar-refractivity contribution in [1.29, 1.82) is 0 Å². The first-order valence-electron chi connectivity index (χ1n) is 30.2. The molecular weight excluding hydrogens is 882 g/mol. The van der Waals surface area contributed by atoms with Crippen LogP contribution in [0.25, 0.3) is 0 Å². The van der Waals surface area contributed by atoms with Gasteiger partial charge < -0.3 is 20.1 Å². The predicted octanol–water partition coefficient (Wildman–Crippen LogP) is 18.9. The minimum Gasteiger partial charge on any atom is -0.462 e. The molecule has 0 aromatic heterocycles. The number of rotatable bonds is 58. The van der Waals surface area contributed by atoms with E-state index in [0.717, 1.165) is 32.1 Å². The summed E-state index contributed by atoms with van der Waals surface area (Å²) in [7, 11) is -4.37. The van der Waals surface area contributed by atoms with Gasteiger partial charge in [0.05, 0.1) is 13.2 Å². The van der Waals surface area contributed by atoms with E-state index in [1.807, 2.05) is 0 Å². The molecular formula is C59H116NO8P. The largest absolute Gasteiger partial charge is 0.472 e. The fraction of sp³-hybridized carbons (Fsp3) is 0.932. The van der Waals surface area contributed by atoms with Gasteiger partial charge in [0, 0.05) is 19.4 Å². The zero-order valence-corrected chi connectivity index (χ0v) is 46.7. The summed E-state index contributed by atoms with van der Waals surface area (Å²) in [5.41, 5.74) is 5.35. The monoisotopic (exact) mass is 998 g/mol. The van der Waals surface area contributed by atoms with Crippen molar-refractivity contribution in [1.82, 2.24) is 0 Å². The van der Waals surface area contributed by atoms with Crippen LogP contribution >= 0.6 is 7.82 Å². The van der Waals surface area contributed by atoms with Crippen molar-refractivity contribution < 1.29 is 37.6 Å². The van der Waals surface area contributed by atoms with Crippen molar-refractivity contribution in [2.24, 2.45) is 5.73 Å². The standard InChI is InChI=1S/C59H116NO8P/c1-3-5-7-9-11-12-13-14-15-16-17-18-19-20-21-22-23-24-25-26-27-28-29-30-31-32-33-34-35-36-37-38-39-40-41-42-43-44-46-48-50-52-59(62)68-57(56-67-69(63,64)66-54-53-60)55-65-58(61)51-49-47-45-10-8-6-4-2/h16-17,57H,3-15,18-56,60H2,1-2H3,(H,63,64)/b17-16-. The third kappa shape index (κ3) is 55.9. The minimum atomic E-state index is -4.37. The summed E-state index contributed by atoms with van der Waals surface area (Å²) in [6.45, 7) is 3.73. The third-order valence-corrected chi connectivity index (χ3v) is 14.6. The normalized spacial score (nSPS) is 13.0. The molecule has 0 saturated carbocycles. The van der Waals surface area contributed by atoms with E-state index in [-0.39, 0.29) is 38.6 Å². The van der Waals surface area contributed by atoms with Gasteiger partial charge in [-0.25, -0.2) is 4.57 Å². The summed E-state index contributed by atoms with van der Waals surface area (Å²) in [4.78, 5) is 34.8. The Morgan fingerprint density at radius 3 is 1.03 bits per heavy atom. The van der Waals surface area contributed by atoms with Crippen LogP contribution in [0, 0.1) is 0 Å². The van der Waals surface area contributed by atoms with Gasteiger partial charge >= 0.3 is 19.8 Å². The number of phosphoric acid groups is 1. The SMILES string of the molecule is CCCCCCCCCC/C=C\CCCCCCCCCCCCCCCCCCCCCCCCCCCCCCCC(=O)OC(COC(=O)CCCCCCCCC)COP(=O)(O)OCCN. The second-order valence-corrected chi connectivity index (χ2v) is 22.0. The Morgan fingerprint density at radius 1 is 0.420 bits per heavy atom. The highest BCUT2D eigenvalue weighted by Gasteiger charge is 2.26. The van der Waals surface area contributed by atoms with Crippen LogP contribution in [0.15, 0.2) is 12.2 Å². The van der Waals surface area contributed by atoms with Crippen molar-refractivity contribution >= 4 is 19.8 Å². The summed E-state index contributed by atoms with van der Waals surface area (Å²) in [6.07, 6.45) is 65.0. The second kappa shape index (κ2) is 56.1. The van der Waals surface area contributed by atoms with E-state index in [1.165, 1.54) is 257 Å². The van der Waals surface area contributed by atoms with Crippen molar-refractivity contribution in [3.8, 4) is 0 Å². The Morgan fingerprint density at radius 2 is 0.710 bits per heavy atom. The van der Waals surface area contributed by atoms with Crippen LogP contribution in [0.5, 0.6) is 0 Å². The van der Waals surface area contributed by atoms with Gasteiger partial charge in [0.25, 0.3) is 0 Å². The van der Waals surface area contributed by atoms with Gasteiger partial charge in [-0.15, -0.1) is 0 Å². The average molecular weight is 999 g/mol. The van der Waals surface area contributed by atoms with Gasteiger partial charge in [0.15, 0.2) is 6.10 Å². The lowest BCUT2D eigenvalue weighted by atomic mass is 10.0. The summed E-state index contributed by atoms with van der Waals surface area (Å²) in [5.74, 6) is -0.819. The number of hydrogen-bond acceptors (Lipinski definition) is 8. The molecule has 10 heteroatoms. The molecule has 0 rings (SSSR count). The minimum absolute atomic E-state index is 0.0573. The molecule has 0 bridgehead atoms. The summed E-state index contributed by atoms with van der Waals surface area (Å²) >= 11 is 0. The Hall–Kier alpha value is -1.25. The molecule has 0 aliphatic heterocycles. The maximum absolute atomic E-state index is 12.6. The zero-order valence-electron chi connectivity index (χ0n) is 45.8. The number of allylic oxidation sites excluding steroid dienone is 2. The first-order valence-corrected chi connectivity index (χ1v) is 31.7. The fourth-order valence-electron chi connectivity index (χ4n) is 9.16. The van der Waals surface area contributed by atoms with Crippen LogP contribution in [-0.4, -0.2) is 49.3 Å². The molecule has 69 heavy (non-hydrogen) atoms. The number of carbonyl (C=O) groups excluding carboxylic acids is 2. The van der Waals surface area contributed by atoms with E-state index in [1.54, 1.807) is 0 Å². The van der Waals surface area contributed by atoms with Crippen molar-refractivity contribution in [2.75, 3.05) is 26.4 Å². The van der Waals surface area contributed by atoms with E-state index in [2.05, 4.69) is 26.0 Å². The van der Waals surface area contributed by atoms with Crippen LogP contribution in [0.2, 0.25) is 0 Å². The van der Waals surface area contributed by atoms with E-state index in [0.29, 0.717) is 6.42 Å². The molecule has 0 aliphatic rings. The predicted molar refractivity (Wildman–Crippen MR) is 294 cm³/mol. The van der Waals surface area contributed by atoms with Crippen LogP contribution in [0.1, 0.15) is 322 Å². The lowest BCUT2D eigenvalue weighted by Gasteiger charge is -2.19. The highest BCUT2D eigenvalue weighted by atomic mass is 31.2. The van der Waals surface area contributed by atoms with Crippen molar-refractivity contribution in [3.05, 3.63) is 12.2 Å². The van der Waals surface area contributed by atoms with E-state index < -0.39 is 26.5 Å². The molecule has 0 spiro atoms. The number of unbranched alkanes of at least 4 members (excludes halogenated alkanes) is 43. The molecule has 2 unspecified atom stereocenters. The topological polar surface area (TPSA) is 134 Å². The highest BCUT2D eigenvalue weighted by molar-refractivity contribution is 7.47. The summed E-state index contributed by atoms with van der Waals surface area (Å²) in [5, 5.41) is 0. The zero-order chi connectivity index (χ0) is 50.2. The molecule has 0 aromatic rings. The molecule has 0 amide bonds. The number of nitrogens with two attached hydrogens (primary N) is 1. The molecule has 0 saturated heterocycles. The molecule has 0 aromatic carbocycles. The fourth-order valence-corrected chi connectivity index (χ4v) is 9.93. The molecule has 0 aliphatic carbocycles. The van der Waals surface area contributed by atoms with Crippen LogP contribution in [-0.2, 0) is 32.7 Å². The molecule has 410 valence electrons. The van der Waals surface area contributed by atoms with Crippen molar-refractivity contribution in [3.63, 3.8) is 0 Å². The summed E-state index contributed by atoms with van der Waals surface area (Å²) < 4.78 is 32.8. The molecule has 0 heterocycles. The van der Waals surface area contributed by atoms with Crippen LogP contribution in [0.4, 0.5) is 0 Å². The van der Waals surface area contributed by atoms with E-state index in [9.17, 15) is 19.0 Å². The van der Waals surface area contributed by atoms with Gasteiger partial charge in [-0.3, -0.25) is 18.6 Å².